The number of rotatable bonds is 6. The number of para-hydroxylation sites is 1. The number of nitrogens with zero attached hydrogens (tertiary/aromatic N) is 3. The minimum absolute atomic E-state index is 0.333. The SMILES string of the molecule is CCc1nc2cccc(C(=O)O)c2n1CCCN(C)C. The zero-order chi connectivity index (χ0) is 14.7. The number of aromatic carboxylic acids is 1. The molecule has 1 heterocycles. The van der Waals surface area contributed by atoms with Gasteiger partial charge in [0.05, 0.1) is 16.6 Å². The van der Waals surface area contributed by atoms with Gasteiger partial charge in [-0.25, -0.2) is 9.78 Å². The first kappa shape index (κ1) is 14.5. The number of carboxylic acid groups (broad SMARTS) is 1. The number of benzene rings is 1. The summed E-state index contributed by atoms with van der Waals surface area (Å²) < 4.78 is 2.06. The van der Waals surface area contributed by atoms with Crippen molar-refractivity contribution in [3.05, 3.63) is 29.6 Å². The Morgan fingerprint density at radius 2 is 2.15 bits per heavy atom. The van der Waals surface area contributed by atoms with Crippen molar-refractivity contribution in [2.24, 2.45) is 0 Å². The molecule has 0 bridgehead atoms. The van der Waals surface area contributed by atoms with Gasteiger partial charge < -0.3 is 14.6 Å². The molecule has 0 aliphatic rings. The highest BCUT2D eigenvalue weighted by Crippen LogP contribution is 2.21. The number of carbonyl (C=O) groups is 1. The van der Waals surface area contributed by atoms with E-state index in [4.69, 9.17) is 0 Å². The number of fused-ring (bicyclic) bond motifs is 1. The van der Waals surface area contributed by atoms with Gasteiger partial charge in [0.2, 0.25) is 0 Å². The van der Waals surface area contributed by atoms with Crippen LogP contribution in [0.5, 0.6) is 0 Å². The van der Waals surface area contributed by atoms with E-state index in [1.807, 2.05) is 27.1 Å². The Hall–Kier alpha value is -1.88. The van der Waals surface area contributed by atoms with Crippen LogP contribution >= 0.6 is 0 Å². The zero-order valence-corrected chi connectivity index (χ0v) is 12.3. The van der Waals surface area contributed by atoms with Gasteiger partial charge in [-0.1, -0.05) is 13.0 Å². The predicted octanol–water partition coefficient (Wildman–Crippen LogP) is 2.25. The molecule has 0 spiro atoms. The van der Waals surface area contributed by atoms with Gasteiger partial charge in [0.15, 0.2) is 0 Å². The third kappa shape index (κ3) is 2.82. The number of hydrogen-bond donors (Lipinski definition) is 1. The van der Waals surface area contributed by atoms with Crippen LogP contribution in [-0.4, -0.2) is 46.2 Å². The lowest BCUT2D eigenvalue weighted by Crippen LogP contribution is -2.16. The molecule has 0 aliphatic heterocycles. The van der Waals surface area contributed by atoms with Gasteiger partial charge in [-0.05, 0) is 39.2 Å². The van der Waals surface area contributed by atoms with Gasteiger partial charge in [0, 0.05) is 13.0 Å². The molecule has 5 heteroatoms. The molecule has 2 rings (SSSR count). The standard InChI is InChI=1S/C15H21N3O2/c1-4-13-16-12-8-5-7-11(15(19)20)14(12)18(13)10-6-9-17(2)3/h5,7-8H,4,6,9-10H2,1-3H3,(H,19,20). The molecule has 5 nitrogen and oxygen atoms in total. The molecule has 0 fully saturated rings. The van der Waals surface area contributed by atoms with Crippen LogP contribution in [0.25, 0.3) is 11.0 Å². The minimum Gasteiger partial charge on any atom is -0.478 e. The quantitative estimate of drug-likeness (QED) is 0.878. The smallest absolute Gasteiger partial charge is 0.337 e. The van der Waals surface area contributed by atoms with Crippen LogP contribution in [0, 0.1) is 0 Å². The van der Waals surface area contributed by atoms with Crippen LogP contribution in [-0.2, 0) is 13.0 Å². The highest BCUT2D eigenvalue weighted by atomic mass is 16.4. The highest BCUT2D eigenvalue weighted by Gasteiger charge is 2.16. The topological polar surface area (TPSA) is 58.4 Å². The fourth-order valence-corrected chi connectivity index (χ4v) is 2.46. The second-order valence-corrected chi connectivity index (χ2v) is 5.17. The molecule has 108 valence electrons. The third-order valence-electron chi connectivity index (χ3n) is 3.38. The first-order valence-electron chi connectivity index (χ1n) is 6.90. The Kier molecular flexibility index (Phi) is 4.39. The average molecular weight is 275 g/mol. The summed E-state index contributed by atoms with van der Waals surface area (Å²) in [7, 11) is 4.07. The maximum atomic E-state index is 11.4. The number of imidazole rings is 1. The zero-order valence-electron chi connectivity index (χ0n) is 12.3. The average Bonchev–Trinajstić information content (AvgIpc) is 2.76. The van der Waals surface area contributed by atoms with Gasteiger partial charge in [-0.3, -0.25) is 0 Å². The Morgan fingerprint density at radius 1 is 1.40 bits per heavy atom. The van der Waals surface area contributed by atoms with E-state index in [-0.39, 0.29) is 0 Å². The van der Waals surface area contributed by atoms with E-state index in [0.29, 0.717) is 5.56 Å². The van der Waals surface area contributed by atoms with E-state index in [9.17, 15) is 9.90 Å². The van der Waals surface area contributed by atoms with Gasteiger partial charge >= 0.3 is 5.97 Å². The van der Waals surface area contributed by atoms with Crippen LogP contribution in [0.1, 0.15) is 29.5 Å². The number of aryl methyl sites for hydroxylation is 2. The Labute approximate surface area is 118 Å². The van der Waals surface area contributed by atoms with Crippen molar-refractivity contribution < 1.29 is 9.90 Å². The molecule has 20 heavy (non-hydrogen) atoms. The van der Waals surface area contributed by atoms with E-state index < -0.39 is 5.97 Å². The Balaban J connectivity index is 2.46. The molecule has 0 amide bonds. The van der Waals surface area contributed by atoms with Crippen molar-refractivity contribution in [2.45, 2.75) is 26.3 Å². The van der Waals surface area contributed by atoms with Gasteiger partial charge in [0.1, 0.15) is 5.82 Å². The van der Waals surface area contributed by atoms with E-state index >= 15 is 0 Å². The summed E-state index contributed by atoms with van der Waals surface area (Å²) in [6, 6.07) is 5.28. The predicted molar refractivity (Wildman–Crippen MR) is 79.2 cm³/mol. The molecule has 1 aromatic carbocycles. The maximum absolute atomic E-state index is 11.4. The van der Waals surface area contributed by atoms with Crippen molar-refractivity contribution in [1.29, 1.82) is 0 Å². The van der Waals surface area contributed by atoms with Crippen LogP contribution in [0.3, 0.4) is 0 Å². The normalized spacial score (nSPS) is 11.4. The molecule has 0 saturated carbocycles. The molecule has 1 aromatic heterocycles. The highest BCUT2D eigenvalue weighted by molar-refractivity contribution is 6.01. The first-order valence-corrected chi connectivity index (χ1v) is 6.90. The largest absolute Gasteiger partial charge is 0.478 e. The fraction of sp³-hybridized carbons (Fsp3) is 0.467. The van der Waals surface area contributed by atoms with Crippen LogP contribution in [0.2, 0.25) is 0 Å². The Bertz CT molecular complexity index is 617. The van der Waals surface area contributed by atoms with E-state index in [2.05, 4.69) is 14.5 Å². The molecule has 0 radical (unpaired) electrons. The number of hydrogen-bond acceptors (Lipinski definition) is 3. The van der Waals surface area contributed by atoms with Crippen molar-refractivity contribution >= 4 is 17.0 Å². The molecule has 0 atom stereocenters. The summed E-state index contributed by atoms with van der Waals surface area (Å²) in [6.07, 6.45) is 1.77. The van der Waals surface area contributed by atoms with Crippen molar-refractivity contribution in [1.82, 2.24) is 14.5 Å². The van der Waals surface area contributed by atoms with Gasteiger partial charge in [-0.15, -0.1) is 0 Å². The summed E-state index contributed by atoms with van der Waals surface area (Å²) in [5.74, 6) is 0.0551. The second-order valence-electron chi connectivity index (χ2n) is 5.17. The number of carboxylic acids is 1. The summed E-state index contributed by atoms with van der Waals surface area (Å²) in [4.78, 5) is 18.1. The molecule has 0 unspecified atom stereocenters. The molecule has 0 aliphatic carbocycles. The monoisotopic (exact) mass is 275 g/mol. The first-order chi connectivity index (χ1) is 9.54. The lowest BCUT2D eigenvalue weighted by molar-refractivity contribution is 0.0698. The van der Waals surface area contributed by atoms with E-state index in [1.54, 1.807) is 12.1 Å². The molecule has 0 saturated heterocycles. The minimum atomic E-state index is -0.896. The van der Waals surface area contributed by atoms with Crippen molar-refractivity contribution in [2.75, 3.05) is 20.6 Å². The van der Waals surface area contributed by atoms with Crippen LogP contribution in [0.15, 0.2) is 18.2 Å². The molecule has 2 aromatic rings. The summed E-state index contributed by atoms with van der Waals surface area (Å²) >= 11 is 0. The number of aromatic nitrogens is 2. The fourth-order valence-electron chi connectivity index (χ4n) is 2.46. The van der Waals surface area contributed by atoms with Crippen LogP contribution in [0.4, 0.5) is 0 Å². The summed E-state index contributed by atoms with van der Waals surface area (Å²) in [6.45, 7) is 3.81. The maximum Gasteiger partial charge on any atom is 0.337 e. The van der Waals surface area contributed by atoms with Crippen molar-refractivity contribution in [3.8, 4) is 0 Å². The van der Waals surface area contributed by atoms with Gasteiger partial charge in [0.25, 0.3) is 0 Å². The van der Waals surface area contributed by atoms with Gasteiger partial charge in [-0.2, -0.15) is 0 Å². The molecular formula is C15H21N3O2. The molecular weight excluding hydrogens is 254 g/mol. The second kappa shape index (κ2) is 6.05. The molecule has 1 N–H and O–H groups in total. The lowest BCUT2D eigenvalue weighted by Gasteiger charge is -2.12. The third-order valence-corrected chi connectivity index (χ3v) is 3.38. The lowest BCUT2D eigenvalue weighted by atomic mass is 10.2. The summed E-state index contributed by atoms with van der Waals surface area (Å²) in [5.41, 5.74) is 1.85. The van der Waals surface area contributed by atoms with E-state index in [1.165, 1.54) is 0 Å². The van der Waals surface area contributed by atoms with Crippen LogP contribution < -0.4 is 0 Å². The summed E-state index contributed by atoms with van der Waals surface area (Å²) in [5, 5.41) is 9.35. The van der Waals surface area contributed by atoms with Crippen molar-refractivity contribution in [3.63, 3.8) is 0 Å². The Morgan fingerprint density at radius 3 is 2.75 bits per heavy atom. The van der Waals surface area contributed by atoms with E-state index in [0.717, 1.165) is 42.8 Å².